The Bertz CT molecular complexity index is 486. The molecule has 2 heterocycles. The summed E-state index contributed by atoms with van der Waals surface area (Å²) >= 11 is 8.58. The second-order valence-corrected chi connectivity index (χ2v) is 5.35. The Kier molecular flexibility index (Phi) is 3.03. The lowest BCUT2D eigenvalue weighted by Crippen LogP contribution is -1.94. The van der Waals surface area contributed by atoms with E-state index in [0.29, 0.717) is 10.7 Å². The van der Waals surface area contributed by atoms with Crippen molar-refractivity contribution in [2.45, 2.75) is 16.3 Å². The summed E-state index contributed by atoms with van der Waals surface area (Å²) in [6.45, 7) is 1.89. The molecule has 2 aromatic heterocycles. The normalized spacial score (nSPS) is 10.5. The number of anilines is 1. The van der Waals surface area contributed by atoms with Crippen LogP contribution in [0.4, 0.5) is 5.69 Å². The van der Waals surface area contributed by atoms with Gasteiger partial charge in [0.25, 0.3) is 0 Å². The Labute approximate surface area is 99.1 Å². The summed E-state index contributed by atoms with van der Waals surface area (Å²) in [5.41, 5.74) is 6.09. The molecule has 8 heteroatoms. The number of nitrogen functional groups attached to an aromatic ring is 1. The fourth-order valence-electron chi connectivity index (χ4n) is 0.843. The van der Waals surface area contributed by atoms with Gasteiger partial charge in [-0.3, -0.25) is 0 Å². The van der Waals surface area contributed by atoms with E-state index in [9.17, 15) is 0 Å². The molecule has 15 heavy (non-hydrogen) atoms. The number of aryl methyl sites for hydroxylation is 1. The van der Waals surface area contributed by atoms with Gasteiger partial charge in [-0.25, -0.2) is 9.97 Å². The highest BCUT2D eigenvalue weighted by atomic mass is 35.5. The van der Waals surface area contributed by atoms with Crippen LogP contribution in [0.25, 0.3) is 0 Å². The van der Waals surface area contributed by atoms with Crippen LogP contribution in [0.2, 0.25) is 5.15 Å². The maximum atomic E-state index is 5.76. The lowest BCUT2D eigenvalue weighted by Gasteiger charge is -2.01. The van der Waals surface area contributed by atoms with E-state index in [2.05, 4.69) is 20.2 Å². The molecule has 0 saturated carbocycles. The lowest BCUT2D eigenvalue weighted by molar-refractivity contribution is 0.978. The van der Waals surface area contributed by atoms with Gasteiger partial charge in [-0.1, -0.05) is 22.9 Å². The maximum Gasteiger partial charge on any atom is 0.180 e. The van der Waals surface area contributed by atoms with Crippen LogP contribution in [0.1, 0.15) is 5.01 Å². The highest BCUT2D eigenvalue weighted by Gasteiger charge is 2.10. The van der Waals surface area contributed by atoms with Crippen molar-refractivity contribution in [3.63, 3.8) is 0 Å². The molecule has 0 aliphatic carbocycles. The Morgan fingerprint density at radius 1 is 1.40 bits per heavy atom. The van der Waals surface area contributed by atoms with Crippen LogP contribution in [-0.2, 0) is 0 Å². The molecule has 2 aromatic rings. The van der Waals surface area contributed by atoms with E-state index < -0.39 is 0 Å². The van der Waals surface area contributed by atoms with Crippen molar-refractivity contribution >= 4 is 40.4 Å². The van der Waals surface area contributed by atoms with Crippen molar-refractivity contribution in [3.8, 4) is 0 Å². The van der Waals surface area contributed by atoms with E-state index >= 15 is 0 Å². The molecule has 2 rings (SSSR count). The first kappa shape index (κ1) is 10.6. The van der Waals surface area contributed by atoms with Crippen LogP contribution in [0, 0.1) is 6.92 Å². The zero-order chi connectivity index (χ0) is 10.8. The van der Waals surface area contributed by atoms with Crippen LogP contribution in [0.15, 0.2) is 15.7 Å². The van der Waals surface area contributed by atoms with E-state index in [-0.39, 0.29) is 5.15 Å². The molecule has 5 nitrogen and oxygen atoms in total. The van der Waals surface area contributed by atoms with E-state index in [0.717, 1.165) is 9.35 Å². The van der Waals surface area contributed by atoms with Crippen LogP contribution in [0.5, 0.6) is 0 Å². The van der Waals surface area contributed by atoms with E-state index in [1.54, 1.807) is 0 Å². The zero-order valence-electron chi connectivity index (χ0n) is 7.64. The van der Waals surface area contributed by atoms with Crippen LogP contribution in [-0.4, -0.2) is 20.2 Å². The van der Waals surface area contributed by atoms with Gasteiger partial charge in [-0.2, -0.15) is 0 Å². The molecule has 0 saturated heterocycles. The molecule has 0 fully saturated rings. The third kappa shape index (κ3) is 2.36. The molecule has 0 bridgehead atoms. The minimum absolute atomic E-state index is 0.258. The average molecular weight is 260 g/mol. The number of nitrogens with two attached hydrogens (primary N) is 1. The van der Waals surface area contributed by atoms with Crippen molar-refractivity contribution < 1.29 is 0 Å². The molecular formula is C7H6ClN5S2. The molecule has 0 aromatic carbocycles. The first-order valence-electron chi connectivity index (χ1n) is 3.90. The van der Waals surface area contributed by atoms with Crippen LogP contribution in [0.3, 0.4) is 0 Å². The molecule has 78 valence electrons. The molecule has 0 spiro atoms. The van der Waals surface area contributed by atoms with Crippen LogP contribution >= 0.6 is 34.7 Å². The Morgan fingerprint density at radius 3 is 2.87 bits per heavy atom. The highest BCUT2D eigenvalue weighted by molar-refractivity contribution is 8.01. The summed E-state index contributed by atoms with van der Waals surface area (Å²) < 4.78 is 0.786. The number of nitrogens with zero attached hydrogens (tertiary/aromatic N) is 4. The van der Waals surface area contributed by atoms with E-state index in [4.69, 9.17) is 17.3 Å². The standard InChI is InChI=1S/C7H6ClN5S2/c1-3-12-13-7(14-3)15-6-4(9)5(8)10-2-11-6/h2H,9H2,1H3. The Morgan fingerprint density at radius 2 is 2.20 bits per heavy atom. The number of hydrogen-bond acceptors (Lipinski definition) is 7. The lowest BCUT2D eigenvalue weighted by atomic mass is 10.6. The first-order valence-corrected chi connectivity index (χ1v) is 5.92. The van der Waals surface area contributed by atoms with Gasteiger partial charge < -0.3 is 5.73 Å². The molecule has 0 aliphatic heterocycles. The topological polar surface area (TPSA) is 77.6 Å². The molecule has 0 amide bonds. The predicted molar refractivity (Wildman–Crippen MR) is 60.2 cm³/mol. The summed E-state index contributed by atoms with van der Waals surface area (Å²) in [6, 6.07) is 0. The van der Waals surface area contributed by atoms with Gasteiger partial charge in [0.05, 0.1) is 0 Å². The van der Waals surface area contributed by atoms with Gasteiger partial charge in [0.15, 0.2) is 9.49 Å². The molecule has 0 radical (unpaired) electrons. The largest absolute Gasteiger partial charge is 0.394 e. The number of halogens is 1. The smallest absolute Gasteiger partial charge is 0.180 e. The predicted octanol–water partition coefficient (Wildman–Crippen LogP) is 2.02. The minimum Gasteiger partial charge on any atom is -0.394 e. The Hall–Kier alpha value is -0.920. The zero-order valence-corrected chi connectivity index (χ0v) is 10.0. The number of aromatic nitrogens is 4. The van der Waals surface area contributed by atoms with Crippen molar-refractivity contribution in [1.82, 2.24) is 20.2 Å². The third-order valence-electron chi connectivity index (χ3n) is 1.49. The summed E-state index contributed by atoms with van der Waals surface area (Å²) in [5, 5.41) is 9.61. The van der Waals surface area contributed by atoms with Gasteiger partial charge in [-0.15, -0.1) is 10.2 Å². The van der Waals surface area contributed by atoms with Crippen molar-refractivity contribution in [1.29, 1.82) is 0 Å². The van der Waals surface area contributed by atoms with Crippen molar-refractivity contribution in [2.75, 3.05) is 5.73 Å². The molecule has 0 aliphatic rings. The summed E-state index contributed by atoms with van der Waals surface area (Å²) in [7, 11) is 0. The molecule has 2 N–H and O–H groups in total. The van der Waals surface area contributed by atoms with Gasteiger partial charge in [0.2, 0.25) is 0 Å². The number of rotatable bonds is 2. The fourth-order valence-corrected chi connectivity index (χ4v) is 2.77. The average Bonchev–Trinajstić information content (AvgIpc) is 2.59. The molecule has 0 unspecified atom stereocenters. The second kappa shape index (κ2) is 4.30. The van der Waals surface area contributed by atoms with Gasteiger partial charge in [0.1, 0.15) is 22.0 Å². The molecule has 0 atom stereocenters. The van der Waals surface area contributed by atoms with Gasteiger partial charge in [0, 0.05) is 0 Å². The Balaban J connectivity index is 2.28. The summed E-state index contributed by atoms with van der Waals surface area (Å²) in [6.07, 6.45) is 1.37. The van der Waals surface area contributed by atoms with Gasteiger partial charge >= 0.3 is 0 Å². The molecular weight excluding hydrogens is 254 g/mol. The number of hydrogen-bond donors (Lipinski definition) is 1. The highest BCUT2D eigenvalue weighted by Crippen LogP contribution is 2.33. The van der Waals surface area contributed by atoms with Crippen molar-refractivity contribution in [3.05, 3.63) is 16.5 Å². The fraction of sp³-hybridized carbons (Fsp3) is 0.143. The summed E-state index contributed by atoms with van der Waals surface area (Å²) in [4.78, 5) is 7.79. The SMILES string of the molecule is Cc1nnc(Sc2ncnc(Cl)c2N)s1. The third-order valence-corrected chi connectivity index (χ3v) is 3.70. The van der Waals surface area contributed by atoms with Crippen molar-refractivity contribution in [2.24, 2.45) is 0 Å². The first-order chi connectivity index (χ1) is 7.16. The second-order valence-electron chi connectivity index (χ2n) is 2.57. The minimum atomic E-state index is 0.258. The van der Waals surface area contributed by atoms with Gasteiger partial charge in [-0.05, 0) is 18.7 Å². The van der Waals surface area contributed by atoms with Crippen LogP contribution < -0.4 is 5.73 Å². The monoisotopic (exact) mass is 259 g/mol. The summed E-state index contributed by atoms with van der Waals surface area (Å²) in [5.74, 6) is 0. The van der Waals surface area contributed by atoms with E-state index in [1.165, 1.54) is 29.4 Å². The quantitative estimate of drug-likeness (QED) is 0.832. The van der Waals surface area contributed by atoms with E-state index in [1.807, 2.05) is 6.92 Å². The maximum absolute atomic E-state index is 5.76.